The molecule has 2 N–H and O–H groups in total. The predicted molar refractivity (Wildman–Crippen MR) is 134 cm³/mol. The Morgan fingerprint density at radius 1 is 0.914 bits per heavy atom. The summed E-state index contributed by atoms with van der Waals surface area (Å²) in [5.41, 5.74) is 2.75. The fourth-order valence-electron chi connectivity index (χ4n) is 3.64. The van der Waals surface area contributed by atoms with Gasteiger partial charge in [0, 0.05) is 36.8 Å². The maximum absolute atomic E-state index is 12.9. The van der Waals surface area contributed by atoms with E-state index in [-0.39, 0.29) is 17.0 Å². The Balaban J connectivity index is 1.42. The number of anilines is 1. The van der Waals surface area contributed by atoms with Crippen molar-refractivity contribution in [3.63, 3.8) is 0 Å². The first-order valence-electron chi connectivity index (χ1n) is 11.3. The Morgan fingerprint density at radius 3 is 2.37 bits per heavy atom. The van der Waals surface area contributed by atoms with Gasteiger partial charge in [-0.05, 0) is 55.6 Å². The lowest BCUT2D eigenvalue weighted by atomic mass is 10.1. The summed E-state index contributed by atoms with van der Waals surface area (Å²) in [6.45, 7) is 2.08. The fraction of sp³-hybridized carbons (Fsp3) is 0.269. The zero-order chi connectivity index (χ0) is 24.8. The number of fused-ring (bicyclic) bond motifs is 1. The van der Waals surface area contributed by atoms with Crippen molar-refractivity contribution in [1.82, 2.24) is 9.62 Å². The first-order valence-corrected chi connectivity index (χ1v) is 12.8. The van der Waals surface area contributed by atoms with E-state index < -0.39 is 15.9 Å². The minimum atomic E-state index is -3.81. The summed E-state index contributed by atoms with van der Waals surface area (Å²) in [5, 5.41) is 2.79. The van der Waals surface area contributed by atoms with Crippen LogP contribution in [0.15, 0.2) is 71.6 Å². The summed E-state index contributed by atoms with van der Waals surface area (Å²) in [6, 6.07) is 18.9. The van der Waals surface area contributed by atoms with E-state index in [1.54, 1.807) is 30.3 Å². The van der Waals surface area contributed by atoms with Crippen molar-refractivity contribution in [3.05, 3.63) is 83.4 Å². The zero-order valence-corrected chi connectivity index (χ0v) is 20.6. The van der Waals surface area contributed by atoms with Crippen molar-refractivity contribution in [2.24, 2.45) is 0 Å². The first-order chi connectivity index (χ1) is 16.8. The Kier molecular flexibility index (Phi) is 7.70. The number of hydrogen-bond donors (Lipinski definition) is 2. The molecule has 0 atom stereocenters. The number of carbonyl (C=O) groups excluding carboxylic acids is 1. The highest BCUT2D eigenvalue weighted by molar-refractivity contribution is 7.89. The van der Waals surface area contributed by atoms with Crippen LogP contribution in [0.2, 0.25) is 0 Å². The van der Waals surface area contributed by atoms with Crippen molar-refractivity contribution in [3.8, 4) is 11.5 Å². The van der Waals surface area contributed by atoms with Crippen molar-refractivity contribution in [2.45, 2.75) is 24.4 Å². The van der Waals surface area contributed by atoms with Crippen LogP contribution in [0.25, 0.3) is 0 Å². The van der Waals surface area contributed by atoms with Crippen molar-refractivity contribution >= 4 is 21.6 Å². The number of nitrogens with zero attached hydrogens (tertiary/aromatic N) is 1. The van der Waals surface area contributed by atoms with Crippen LogP contribution < -0.4 is 19.5 Å². The third kappa shape index (κ3) is 6.60. The minimum Gasteiger partial charge on any atom is -0.490 e. The summed E-state index contributed by atoms with van der Waals surface area (Å²) in [4.78, 5) is 14.9. The minimum absolute atomic E-state index is 0.0213. The number of rotatable bonds is 8. The summed E-state index contributed by atoms with van der Waals surface area (Å²) in [7, 11) is 0.180. The molecule has 0 saturated heterocycles. The highest BCUT2D eigenvalue weighted by Gasteiger charge is 2.17. The smallest absolute Gasteiger partial charge is 0.255 e. The van der Waals surface area contributed by atoms with Crippen LogP contribution in [-0.4, -0.2) is 46.5 Å². The van der Waals surface area contributed by atoms with Crippen LogP contribution in [0, 0.1) is 0 Å². The molecule has 0 aliphatic carbocycles. The van der Waals surface area contributed by atoms with Gasteiger partial charge in [0.15, 0.2) is 11.5 Å². The molecule has 0 bridgehead atoms. The van der Waals surface area contributed by atoms with E-state index in [4.69, 9.17) is 9.47 Å². The van der Waals surface area contributed by atoms with Crippen molar-refractivity contribution < 1.29 is 22.7 Å². The van der Waals surface area contributed by atoms with E-state index in [0.29, 0.717) is 30.4 Å². The molecule has 8 nitrogen and oxygen atoms in total. The van der Waals surface area contributed by atoms with E-state index >= 15 is 0 Å². The molecule has 184 valence electrons. The maximum atomic E-state index is 12.9. The average Bonchev–Trinajstić information content (AvgIpc) is 3.08. The monoisotopic (exact) mass is 495 g/mol. The Morgan fingerprint density at radius 2 is 1.63 bits per heavy atom. The summed E-state index contributed by atoms with van der Waals surface area (Å²) in [5.74, 6) is 0.774. The van der Waals surface area contributed by atoms with Gasteiger partial charge in [0.05, 0.1) is 18.1 Å². The standard InChI is InChI=1S/C26H29N3O5S/c1-29(2)18-20-9-7-19(8-10-20)17-27-35(31,32)23-6-3-5-21(15-23)26(30)28-22-11-12-24-25(16-22)34-14-4-13-33-24/h3,5-12,15-16,27H,4,13-14,17-18H2,1-2H3,(H,28,30). The quantitative estimate of drug-likeness (QED) is 0.495. The lowest BCUT2D eigenvalue weighted by Gasteiger charge is -2.12. The van der Waals surface area contributed by atoms with Crippen molar-refractivity contribution in [2.75, 3.05) is 32.6 Å². The molecule has 0 radical (unpaired) electrons. The molecular formula is C26H29N3O5S. The van der Waals surface area contributed by atoms with Gasteiger partial charge in [0.1, 0.15) is 0 Å². The molecule has 1 aliphatic rings. The molecule has 0 aromatic heterocycles. The van der Waals surface area contributed by atoms with E-state index in [2.05, 4.69) is 14.9 Å². The highest BCUT2D eigenvalue weighted by atomic mass is 32.2. The average molecular weight is 496 g/mol. The number of nitrogens with one attached hydrogen (secondary N) is 2. The van der Waals surface area contributed by atoms with E-state index in [9.17, 15) is 13.2 Å². The van der Waals surface area contributed by atoms with Crippen LogP contribution in [0.4, 0.5) is 5.69 Å². The van der Waals surface area contributed by atoms with Crippen LogP contribution >= 0.6 is 0 Å². The van der Waals surface area contributed by atoms with Crippen LogP contribution in [0.3, 0.4) is 0 Å². The molecule has 1 aliphatic heterocycles. The molecule has 3 aromatic carbocycles. The number of benzene rings is 3. The largest absolute Gasteiger partial charge is 0.490 e. The maximum Gasteiger partial charge on any atom is 0.255 e. The Bertz CT molecular complexity index is 1290. The molecule has 4 rings (SSSR count). The number of hydrogen-bond acceptors (Lipinski definition) is 6. The lowest BCUT2D eigenvalue weighted by molar-refractivity contribution is 0.102. The number of carbonyl (C=O) groups is 1. The number of sulfonamides is 1. The molecule has 0 spiro atoms. The van der Waals surface area contributed by atoms with Gasteiger partial charge in [0.2, 0.25) is 10.0 Å². The van der Waals surface area contributed by atoms with E-state index in [1.807, 2.05) is 38.4 Å². The molecule has 1 amide bonds. The van der Waals surface area contributed by atoms with E-state index in [0.717, 1.165) is 24.1 Å². The van der Waals surface area contributed by atoms with Crippen LogP contribution in [0.5, 0.6) is 11.5 Å². The normalized spacial score (nSPS) is 13.3. The van der Waals surface area contributed by atoms with Gasteiger partial charge in [-0.1, -0.05) is 30.3 Å². The van der Waals surface area contributed by atoms with Gasteiger partial charge < -0.3 is 19.7 Å². The third-order valence-corrected chi connectivity index (χ3v) is 6.80. The zero-order valence-electron chi connectivity index (χ0n) is 19.8. The summed E-state index contributed by atoms with van der Waals surface area (Å²) in [6.07, 6.45) is 0.785. The molecular weight excluding hydrogens is 466 g/mol. The van der Waals surface area contributed by atoms with Gasteiger partial charge in [0.25, 0.3) is 5.91 Å². The van der Waals surface area contributed by atoms with Gasteiger partial charge >= 0.3 is 0 Å². The van der Waals surface area contributed by atoms with E-state index in [1.165, 1.54) is 12.1 Å². The lowest BCUT2D eigenvalue weighted by Crippen LogP contribution is -2.24. The van der Waals surface area contributed by atoms with Crippen LogP contribution in [-0.2, 0) is 23.1 Å². The second-order valence-corrected chi connectivity index (χ2v) is 10.3. The number of amides is 1. The van der Waals surface area contributed by atoms with Gasteiger partial charge in [-0.15, -0.1) is 0 Å². The molecule has 35 heavy (non-hydrogen) atoms. The second-order valence-electron chi connectivity index (χ2n) is 8.57. The Hall–Kier alpha value is -3.40. The number of ether oxygens (including phenoxy) is 2. The van der Waals surface area contributed by atoms with Gasteiger partial charge in [-0.3, -0.25) is 4.79 Å². The molecule has 9 heteroatoms. The second kappa shape index (κ2) is 10.9. The first kappa shape index (κ1) is 24.7. The molecule has 0 unspecified atom stereocenters. The molecule has 1 heterocycles. The predicted octanol–water partition coefficient (Wildman–Crippen LogP) is 3.64. The van der Waals surface area contributed by atoms with Gasteiger partial charge in [-0.2, -0.15) is 0 Å². The van der Waals surface area contributed by atoms with Crippen LogP contribution in [0.1, 0.15) is 27.9 Å². The molecule has 0 fully saturated rings. The fourth-order valence-corrected chi connectivity index (χ4v) is 4.70. The third-order valence-electron chi connectivity index (χ3n) is 5.40. The molecule has 0 saturated carbocycles. The molecule has 3 aromatic rings. The van der Waals surface area contributed by atoms with Gasteiger partial charge in [-0.25, -0.2) is 13.1 Å². The SMILES string of the molecule is CN(C)Cc1ccc(CNS(=O)(=O)c2cccc(C(=O)Nc3ccc4c(c3)OCCCO4)c2)cc1. The summed E-state index contributed by atoms with van der Waals surface area (Å²) >= 11 is 0. The topological polar surface area (TPSA) is 97.0 Å². The van der Waals surface area contributed by atoms with Crippen molar-refractivity contribution in [1.29, 1.82) is 0 Å². The highest BCUT2D eigenvalue weighted by Crippen LogP contribution is 2.32. The Labute approximate surface area is 205 Å². The summed E-state index contributed by atoms with van der Waals surface area (Å²) < 4.78 is 39.6.